The Labute approximate surface area is 202 Å². The Morgan fingerprint density at radius 2 is 1.43 bits per heavy atom. The molecule has 30 heavy (non-hydrogen) atoms. The number of aryl methyl sites for hydroxylation is 1. The molecule has 162 valence electrons. The molecular formula is C27H35Cl2Zr-. The molecule has 0 fully saturated rings. The van der Waals surface area contributed by atoms with Crippen LogP contribution in [0.1, 0.15) is 89.5 Å². The van der Waals surface area contributed by atoms with Crippen molar-refractivity contribution >= 4 is 27.8 Å². The third-order valence-electron chi connectivity index (χ3n) is 5.82. The second-order valence-electron chi connectivity index (χ2n) is 9.72. The van der Waals surface area contributed by atoms with Crippen LogP contribution in [0.5, 0.6) is 0 Å². The van der Waals surface area contributed by atoms with Gasteiger partial charge in [-0.15, -0.1) is 34.5 Å². The van der Waals surface area contributed by atoms with Crippen molar-refractivity contribution < 1.29 is 20.8 Å². The Morgan fingerprint density at radius 3 is 1.87 bits per heavy atom. The van der Waals surface area contributed by atoms with Crippen LogP contribution in [0.15, 0.2) is 42.5 Å². The van der Waals surface area contributed by atoms with Crippen LogP contribution in [-0.4, -0.2) is 0 Å². The van der Waals surface area contributed by atoms with E-state index in [2.05, 4.69) is 97.9 Å². The quantitative estimate of drug-likeness (QED) is 0.300. The third kappa shape index (κ3) is 6.06. The molecule has 3 heteroatoms. The molecule has 0 amide bonds. The summed E-state index contributed by atoms with van der Waals surface area (Å²) in [5.41, 5.74) is 8.76. The Kier molecular flexibility index (Phi) is 9.36. The normalized spacial score (nSPS) is 11.7. The molecule has 0 N–H and O–H groups in total. The maximum atomic E-state index is 4.93. The zero-order chi connectivity index (χ0) is 22.6. The van der Waals surface area contributed by atoms with Crippen LogP contribution >= 0.6 is 17.0 Å². The molecular weight excluding hydrogens is 486 g/mol. The SMILES string of the molecule is CCc1ccc2[cH-]c(C(C)(C)C)cc2c1-c1cc(C(C)C)cc(C(C)C)c1.[Cl][Zr][Cl]. The van der Waals surface area contributed by atoms with Gasteiger partial charge in [0.1, 0.15) is 0 Å². The minimum atomic E-state index is -0.826. The van der Waals surface area contributed by atoms with Crippen molar-refractivity contribution in [3.8, 4) is 11.1 Å². The fourth-order valence-electron chi connectivity index (χ4n) is 3.88. The number of rotatable bonds is 4. The molecule has 0 spiro atoms. The van der Waals surface area contributed by atoms with Crippen LogP contribution in [0, 0.1) is 0 Å². The topological polar surface area (TPSA) is 0 Å². The summed E-state index contributed by atoms with van der Waals surface area (Å²) in [7, 11) is 9.87. The molecule has 3 aromatic rings. The summed E-state index contributed by atoms with van der Waals surface area (Å²) in [5, 5.41) is 2.78. The van der Waals surface area contributed by atoms with Crippen molar-refractivity contribution in [1.29, 1.82) is 0 Å². The fourth-order valence-corrected chi connectivity index (χ4v) is 3.88. The first-order valence-corrected chi connectivity index (χ1v) is 17.2. The van der Waals surface area contributed by atoms with E-state index in [1.54, 1.807) is 0 Å². The predicted molar refractivity (Wildman–Crippen MR) is 133 cm³/mol. The van der Waals surface area contributed by atoms with E-state index < -0.39 is 20.8 Å². The molecule has 0 bridgehead atoms. The Balaban J connectivity index is 0.00000101. The van der Waals surface area contributed by atoms with Crippen molar-refractivity contribution in [1.82, 2.24) is 0 Å². The van der Waals surface area contributed by atoms with E-state index >= 15 is 0 Å². The van der Waals surface area contributed by atoms with Crippen LogP contribution in [0.3, 0.4) is 0 Å². The van der Waals surface area contributed by atoms with E-state index in [4.69, 9.17) is 17.0 Å². The van der Waals surface area contributed by atoms with E-state index in [-0.39, 0.29) is 5.41 Å². The molecule has 0 aliphatic heterocycles. The van der Waals surface area contributed by atoms with Gasteiger partial charge in [-0.3, -0.25) is 0 Å². The summed E-state index contributed by atoms with van der Waals surface area (Å²) < 4.78 is 0. The number of benzene rings is 2. The van der Waals surface area contributed by atoms with Crippen LogP contribution in [0.2, 0.25) is 0 Å². The Bertz CT molecular complexity index is 948. The maximum absolute atomic E-state index is 4.93. The van der Waals surface area contributed by atoms with Gasteiger partial charge in [-0.25, -0.2) is 0 Å². The molecule has 0 heterocycles. The van der Waals surface area contributed by atoms with Gasteiger partial charge in [0.15, 0.2) is 0 Å². The van der Waals surface area contributed by atoms with Gasteiger partial charge in [0.2, 0.25) is 0 Å². The number of halogens is 2. The molecule has 0 aliphatic carbocycles. The number of fused-ring (bicyclic) bond motifs is 1. The first kappa shape index (κ1) is 25.8. The van der Waals surface area contributed by atoms with Crippen LogP contribution in [0.4, 0.5) is 0 Å². The van der Waals surface area contributed by atoms with Crippen molar-refractivity contribution in [3.05, 3.63) is 64.7 Å². The summed E-state index contributed by atoms with van der Waals surface area (Å²) in [6, 6.07) is 16.7. The Hall–Kier alpha value is -0.487. The molecule has 3 rings (SSSR count). The summed E-state index contributed by atoms with van der Waals surface area (Å²) in [6.45, 7) is 18.4. The molecule has 0 unspecified atom stereocenters. The van der Waals surface area contributed by atoms with Gasteiger partial charge in [0.05, 0.1) is 0 Å². The number of hydrogen-bond acceptors (Lipinski definition) is 0. The van der Waals surface area contributed by atoms with Gasteiger partial charge in [-0.1, -0.05) is 84.7 Å². The van der Waals surface area contributed by atoms with Crippen LogP contribution in [0.25, 0.3) is 21.9 Å². The number of hydrogen-bond donors (Lipinski definition) is 0. The van der Waals surface area contributed by atoms with Crippen LogP contribution in [-0.2, 0) is 32.7 Å². The van der Waals surface area contributed by atoms with E-state index in [1.807, 2.05) is 0 Å². The van der Waals surface area contributed by atoms with Gasteiger partial charge in [0, 0.05) is 0 Å². The summed E-state index contributed by atoms with van der Waals surface area (Å²) in [6.07, 6.45) is 1.06. The van der Waals surface area contributed by atoms with Gasteiger partial charge in [-0.05, 0) is 40.4 Å². The minimum absolute atomic E-state index is 0.172. The molecule has 0 atom stereocenters. The molecule has 0 saturated carbocycles. The van der Waals surface area contributed by atoms with E-state index in [0.717, 1.165) is 6.42 Å². The zero-order valence-corrected chi connectivity index (χ0v) is 23.6. The first-order chi connectivity index (χ1) is 14.0. The molecule has 0 radical (unpaired) electrons. The van der Waals surface area contributed by atoms with Gasteiger partial charge >= 0.3 is 37.9 Å². The van der Waals surface area contributed by atoms with Crippen molar-refractivity contribution in [2.24, 2.45) is 0 Å². The molecule has 0 aromatic heterocycles. The second-order valence-corrected chi connectivity index (χ2v) is 13.5. The second kappa shape index (κ2) is 10.9. The molecule has 0 aliphatic rings. The summed E-state index contributed by atoms with van der Waals surface area (Å²) in [4.78, 5) is 0. The van der Waals surface area contributed by atoms with E-state index in [0.29, 0.717) is 11.8 Å². The van der Waals surface area contributed by atoms with Crippen molar-refractivity contribution in [2.45, 2.75) is 79.1 Å². The molecule has 0 nitrogen and oxygen atoms in total. The average molecular weight is 522 g/mol. The Morgan fingerprint density at radius 1 is 0.900 bits per heavy atom. The molecule has 3 aromatic carbocycles. The monoisotopic (exact) mass is 519 g/mol. The standard InChI is InChI=1S/C27H35.2ClH.Zr/c1-9-19-10-11-20-15-24(27(6,7)8)16-25(20)26(19)23-13-21(17(2)3)12-22(14-23)18(4)5;;;/h10-18H,9H2,1-8H3;2*1H;/q-1;;;+2/p-2. The predicted octanol–water partition coefficient (Wildman–Crippen LogP) is 9.71. The third-order valence-corrected chi connectivity index (χ3v) is 5.82. The first-order valence-electron chi connectivity index (χ1n) is 10.9. The van der Waals surface area contributed by atoms with Crippen LogP contribution < -0.4 is 0 Å². The average Bonchev–Trinajstić information content (AvgIpc) is 3.12. The zero-order valence-electron chi connectivity index (χ0n) is 19.7. The van der Waals surface area contributed by atoms with Gasteiger partial charge < -0.3 is 0 Å². The molecule has 0 saturated heterocycles. The van der Waals surface area contributed by atoms with Gasteiger partial charge in [-0.2, -0.15) is 6.07 Å². The van der Waals surface area contributed by atoms with E-state index in [1.165, 1.54) is 44.2 Å². The van der Waals surface area contributed by atoms with E-state index in [9.17, 15) is 0 Å². The summed E-state index contributed by atoms with van der Waals surface area (Å²) in [5.74, 6) is 1.08. The van der Waals surface area contributed by atoms with Crippen molar-refractivity contribution in [3.63, 3.8) is 0 Å². The summed E-state index contributed by atoms with van der Waals surface area (Å²) >= 11 is -0.826. The van der Waals surface area contributed by atoms with Crippen molar-refractivity contribution in [2.75, 3.05) is 0 Å². The van der Waals surface area contributed by atoms with Gasteiger partial charge in [0.25, 0.3) is 0 Å². The fraction of sp³-hybridized carbons (Fsp3) is 0.444.